The van der Waals surface area contributed by atoms with Crippen molar-refractivity contribution in [1.82, 2.24) is 4.90 Å². The number of hydrogen-bond acceptors (Lipinski definition) is 3. The zero-order chi connectivity index (χ0) is 12.4. The van der Waals surface area contributed by atoms with Gasteiger partial charge in [-0.15, -0.1) is 0 Å². The van der Waals surface area contributed by atoms with Crippen LogP contribution in [0.3, 0.4) is 0 Å². The molecule has 1 aromatic carbocycles. The van der Waals surface area contributed by atoms with Gasteiger partial charge >= 0.3 is 0 Å². The molecule has 3 nitrogen and oxygen atoms in total. The fourth-order valence-corrected chi connectivity index (χ4v) is 3.32. The monoisotopic (exact) mass is 246 g/mol. The SMILES string of the molecule is NCC1(N2CCC(c3ccccc3)C2)CCOC1. The summed E-state index contributed by atoms with van der Waals surface area (Å²) >= 11 is 0. The van der Waals surface area contributed by atoms with Gasteiger partial charge in [0.1, 0.15) is 0 Å². The lowest BCUT2D eigenvalue weighted by Gasteiger charge is -2.36. The molecule has 2 atom stereocenters. The smallest absolute Gasteiger partial charge is 0.0663 e. The van der Waals surface area contributed by atoms with E-state index in [1.54, 1.807) is 0 Å². The van der Waals surface area contributed by atoms with Crippen molar-refractivity contribution in [3.8, 4) is 0 Å². The molecule has 2 saturated heterocycles. The molecular weight excluding hydrogens is 224 g/mol. The number of ether oxygens (including phenoxy) is 1. The average Bonchev–Trinajstić information content (AvgIpc) is 3.09. The second-order valence-corrected chi connectivity index (χ2v) is 5.57. The van der Waals surface area contributed by atoms with Crippen LogP contribution in [0.2, 0.25) is 0 Å². The van der Waals surface area contributed by atoms with Crippen molar-refractivity contribution in [3.63, 3.8) is 0 Å². The molecule has 2 fully saturated rings. The van der Waals surface area contributed by atoms with Crippen molar-refractivity contribution in [2.24, 2.45) is 5.73 Å². The summed E-state index contributed by atoms with van der Waals surface area (Å²) in [6, 6.07) is 10.8. The van der Waals surface area contributed by atoms with Gasteiger partial charge in [-0.3, -0.25) is 4.90 Å². The van der Waals surface area contributed by atoms with Crippen molar-refractivity contribution in [3.05, 3.63) is 35.9 Å². The highest BCUT2D eigenvalue weighted by molar-refractivity contribution is 5.21. The number of hydrogen-bond donors (Lipinski definition) is 1. The molecule has 3 heteroatoms. The maximum Gasteiger partial charge on any atom is 0.0663 e. The van der Waals surface area contributed by atoms with Gasteiger partial charge in [-0.2, -0.15) is 0 Å². The van der Waals surface area contributed by atoms with E-state index in [9.17, 15) is 0 Å². The van der Waals surface area contributed by atoms with E-state index < -0.39 is 0 Å². The summed E-state index contributed by atoms with van der Waals surface area (Å²) in [5.74, 6) is 0.662. The van der Waals surface area contributed by atoms with E-state index in [-0.39, 0.29) is 5.54 Å². The Morgan fingerprint density at radius 3 is 2.83 bits per heavy atom. The Morgan fingerprint density at radius 2 is 2.17 bits per heavy atom. The largest absolute Gasteiger partial charge is 0.379 e. The Morgan fingerprint density at radius 1 is 1.33 bits per heavy atom. The highest BCUT2D eigenvalue weighted by Crippen LogP contribution is 2.34. The van der Waals surface area contributed by atoms with Gasteiger partial charge in [0.2, 0.25) is 0 Å². The van der Waals surface area contributed by atoms with Gasteiger partial charge in [-0.05, 0) is 30.9 Å². The van der Waals surface area contributed by atoms with Gasteiger partial charge in [0.05, 0.1) is 12.1 Å². The Balaban J connectivity index is 1.71. The Bertz CT molecular complexity index is 387. The molecule has 3 rings (SSSR count). The topological polar surface area (TPSA) is 38.5 Å². The molecule has 0 saturated carbocycles. The van der Waals surface area contributed by atoms with Crippen LogP contribution in [0.4, 0.5) is 0 Å². The first-order valence-electron chi connectivity index (χ1n) is 6.92. The molecule has 1 aromatic rings. The van der Waals surface area contributed by atoms with E-state index in [1.807, 2.05) is 0 Å². The molecule has 18 heavy (non-hydrogen) atoms. The van der Waals surface area contributed by atoms with Crippen LogP contribution in [-0.2, 0) is 4.74 Å². The molecule has 0 spiro atoms. The van der Waals surface area contributed by atoms with Crippen LogP contribution < -0.4 is 5.73 Å². The predicted molar refractivity (Wildman–Crippen MR) is 72.6 cm³/mol. The zero-order valence-corrected chi connectivity index (χ0v) is 10.8. The second-order valence-electron chi connectivity index (χ2n) is 5.57. The molecule has 98 valence electrons. The summed E-state index contributed by atoms with van der Waals surface area (Å²) in [4.78, 5) is 2.57. The molecule has 0 aromatic heterocycles. The third-order valence-corrected chi connectivity index (χ3v) is 4.59. The summed E-state index contributed by atoms with van der Waals surface area (Å²) in [7, 11) is 0. The van der Waals surface area contributed by atoms with Crippen LogP contribution in [0.5, 0.6) is 0 Å². The van der Waals surface area contributed by atoms with Gasteiger partial charge < -0.3 is 10.5 Å². The highest BCUT2D eigenvalue weighted by Gasteiger charge is 2.42. The second kappa shape index (κ2) is 5.00. The minimum absolute atomic E-state index is 0.115. The molecule has 0 amide bonds. The van der Waals surface area contributed by atoms with E-state index in [0.717, 1.165) is 32.7 Å². The molecule has 0 aliphatic carbocycles. The van der Waals surface area contributed by atoms with Gasteiger partial charge in [0, 0.05) is 19.7 Å². The van der Waals surface area contributed by atoms with Crippen molar-refractivity contribution in [2.75, 3.05) is 32.8 Å². The lowest BCUT2D eigenvalue weighted by atomic mass is 9.95. The molecule has 0 bridgehead atoms. The molecular formula is C15H22N2O. The number of nitrogens with two attached hydrogens (primary N) is 1. The molecule has 0 radical (unpaired) electrons. The number of benzene rings is 1. The fourth-order valence-electron chi connectivity index (χ4n) is 3.32. The first kappa shape index (κ1) is 12.2. The van der Waals surface area contributed by atoms with Gasteiger partial charge in [0.25, 0.3) is 0 Å². The van der Waals surface area contributed by atoms with Gasteiger partial charge in [-0.1, -0.05) is 30.3 Å². The number of nitrogens with zero attached hydrogens (tertiary/aromatic N) is 1. The molecule has 2 heterocycles. The van der Waals surface area contributed by atoms with E-state index in [1.165, 1.54) is 12.0 Å². The van der Waals surface area contributed by atoms with Crippen LogP contribution in [0.15, 0.2) is 30.3 Å². The average molecular weight is 246 g/mol. The highest BCUT2D eigenvalue weighted by atomic mass is 16.5. The van der Waals surface area contributed by atoms with Crippen molar-refractivity contribution in [2.45, 2.75) is 24.3 Å². The Hall–Kier alpha value is -0.900. The summed E-state index contributed by atoms with van der Waals surface area (Å²) in [5, 5.41) is 0. The standard InChI is InChI=1S/C15H22N2O/c16-11-15(7-9-18-12-15)17-8-6-14(10-17)13-4-2-1-3-5-13/h1-5,14H,6-12,16H2. The summed E-state index contributed by atoms with van der Waals surface area (Å²) in [6.45, 7) is 4.67. The quantitative estimate of drug-likeness (QED) is 0.880. The zero-order valence-electron chi connectivity index (χ0n) is 10.8. The van der Waals surface area contributed by atoms with E-state index in [2.05, 4.69) is 35.2 Å². The minimum atomic E-state index is 0.115. The van der Waals surface area contributed by atoms with Crippen LogP contribution in [0.25, 0.3) is 0 Å². The lowest BCUT2D eigenvalue weighted by Crippen LogP contribution is -2.53. The number of rotatable bonds is 3. The van der Waals surface area contributed by atoms with E-state index in [4.69, 9.17) is 10.5 Å². The molecule has 2 aliphatic rings. The van der Waals surface area contributed by atoms with Gasteiger partial charge in [-0.25, -0.2) is 0 Å². The third-order valence-electron chi connectivity index (χ3n) is 4.59. The lowest BCUT2D eigenvalue weighted by molar-refractivity contribution is 0.0912. The Kier molecular flexibility index (Phi) is 3.37. The molecule has 2 N–H and O–H groups in total. The number of likely N-dealkylation sites (tertiary alicyclic amines) is 1. The summed E-state index contributed by atoms with van der Waals surface area (Å²) in [6.07, 6.45) is 2.33. The van der Waals surface area contributed by atoms with E-state index in [0.29, 0.717) is 12.5 Å². The molecule has 2 aliphatic heterocycles. The summed E-state index contributed by atoms with van der Waals surface area (Å²) in [5.41, 5.74) is 7.59. The van der Waals surface area contributed by atoms with Crippen LogP contribution in [0, 0.1) is 0 Å². The van der Waals surface area contributed by atoms with Gasteiger partial charge in [0.15, 0.2) is 0 Å². The van der Waals surface area contributed by atoms with Crippen LogP contribution in [0.1, 0.15) is 24.3 Å². The van der Waals surface area contributed by atoms with Crippen LogP contribution >= 0.6 is 0 Å². The molecule has 2 unspecified atom stereocenters. The minimum Gasteiger partial charge on any atom is -0.379 e. The fraction of sp³-hybridized carbons (Fsp3) is 0.600. The first-order chi connectivity index (χ1) is 8.84. The maximum atomic E-state index is 6.01. The van der Waals surface area contributed by atoms with Crippen molar-refractivity contribution in [1.29, 1.82) is 0 Å². The predicted octanol–water partition coefficient (Wildman–Crippen LogP) is 1.59. The maximum absolute atomic E-state index is 6.01. The van der Waals surface area contributed by atoms with Crippen molar-refractivity contribution < 1.29 is 4.74 Å². The third kappa shape index (κ3) is 2.07. The Labute approximate surface area is 109 Å². The normalized spacial score (nSPS) is 33.1. The van der Waals surface area contributed by atoms with E-state index >= 15 is 0 Å². The van der Waals surface area contributed by atoms with Crippen molar-refractivity contribution >= 4 is 0 Å². The van der Waals surface area contributed by atoms with Crippen LogP contribution in [-0.4, -0.2) is 43.3 Å². The summed E-state index contributed by atoms with van der Waals surface area (Å²) < 4.78 is 5.58. The first-order valence-corrected chi connectivity index (χ1v) is 6.92.